The summed E-state index contributed by atoms with van der Waals surface area (Å²) in [6.07, 6.45) is 2.21. The number of halogens is 1. The molecule has 1 aromatic heterocycles. The van der Waals surface area contributed by atoms with Crippen molar-refractivity contribution < 1.29 is 0 Å². The van der Waals surface area contributed by atoms with E-state index in [1.54, 1.807) is 0 Å². The van der Waals surface area contributed by atoms with Gasteiger partial charge in [-0.3, -0.25) is 0 Å². The fraction of sp³-hybridized carbons (Fsp3) is 0.167. The van der Waals surface area contributed by atoms with Crippen molar-refractivity contribution in [3.63, 3.8) is 0 Å². The third-order valence-electron chi connectivity index (χ3n) is 3.43. The van der Waals surface area contributed by atoms with E-state index in [0.29, 0.717) is 0 Å². The zero-order chi connectivity index (χ0) is 13.9. The first kappa shape index (κ1) is 13.1. The van der Waals surface area contributed by atoms with Crippen LogP contribution in [0.25, 0.3) is 22.2 Å². The highest BCUT2D eigenvalue weighted by atomic mass is 35.5. The molecule has 20 heavy (non-hydrogen) atoms. The van der Waals surface area contributed by atoms with E-state index in [4.69, 9.17) is 16.6 Å². The van der Waals surface area contributed by atoms with Crippen LogP contribution < -0.4 is 0 Å². The zero-order valence-electron chi connectivity index (χ0n) is 11.4. The SMILES string of the molecule is CCCc1ccc2nc(-c3ccccc3)cc(Cl)c2c1. The Kier molecular flexibility index (Phi) is 3.70. The van der Waals surface area contributed by atoms with Crippen LogP contribution in [0.1, 0.15) is 18.9 Å². The summed E-state index contributed by atoms with van der Waals surface area (Å²) in [5.74, 6) is 0. The molecular formula is C18H16ClN. The highest BCUT2D eigenvalue weighted by Gasteiger charge is 2.06. The molecule has 0 saturated carbocycles. The first-order chi connectivity index (χ1) is 9.78. The Balaban J connectivity index is 2.13. The highest BCUT2D eigenvalue weighted by molar-refractivity contribution is 6.35. The summed E-state index contributed by atoms with van der Waals surface area (Å²) in [7, 11) is 0. The van der Waals surface area contributed by atoms with Gasteiger partial charge in [0.05, 0.1) is 16.2 Å². The summed E-state index contributed by atoms with van der Waals surface area (Å²) in [4.78, 5) is 4.72. The van der Waals surface area contributed by atoms with Crippen molar-refractivity contribution in [1.82, 2.24) is 4.98 Å². The molecular weight excluding hydrogens is 266 g/mol. The summed E-state index contributed by atoms with van der Waals surface area (Å²) in [5, 5.41) is 1.81. The van der Waals surface area contributed by atoms with E-state index in [1.165, 1.54) is 5.56 Å². The van der Waals surface area contributed by atoms with E-state index >= 15 is 0 Å². The number of benzene rings is 2. The molecule has 0 aliphatic rings. The van der Waals surface area contributed by atoms with Crippen LogP contribution in [-0.2, 0) is 6.42 Å². The molecule has 0 bridgehead atoms. The van der Waals surface area contributed by atoms with Crippen LogP contribution in [0.2, 0.25) is 5.02 Å². The van der Waals surface area contributed by atoms with Gasteiger partial charge in [0.1, 0.15) is 0 Å². The standard InChI is InChI=1S/C18H16ClN/c1-2-6-13-9-10-17-15(11-13)16(19)12-18(20-17)14-7-4-3-5-8-14/h3-5,7-12H,2,6H2,1H3. The van der Waals surface area contributed by atoms with Gasteiger partial charge in [-0.2, -0.15) is 0 Å². The van der Waals surface area contributed by atoms with Gasteiger partial charge in [0.15, 0.2) is 0 Å². The highest BCUT2D eigenvalue weighted by Crippen LogP contribution is 2.28. The third-order valence-corrected chi connectivity index (χ3v) is 3.74. The normalized spacial score (nSPS) is 10.9. The number of aryl methyl sites for hydroxylation is 1. The molecule has 0 N–H and O–H groups in total. The molecule has 0 atom stereocenters. The fourth-order valence-electron chi connectivity index (χ4n) is 2.43. The Bertz CT molecular complexity index is 735. The molecule has 2 heteroatoms. The number of aromatic nitrogens is 1. The van der Waals surface area contributed by atoms with Gasteiger partial charge in [0, 0.05) is 10.9 Å². The van der Waals surface area contributed by atoms with E-state index in [0.717, 1.165) is 40.0 Å². The molecule has 0 aliphatic heterocycles. The molecule has 100 valence electrons. The smallest absolute Gasteiger partial charge is 0.0724 e. The molecule has 0 unspecified atom stereocenters. The van der Waals surface area contributed by atoms with Gasteiger partial charge < -0.3 is 0 Å². The average molecular weight is 282 g/mol. The summed E-state index contributed by atoms with van der Waals surface area (Å²) < 4.78 is 0. The summed E-state index contributed by atoms with van der Waals surface area (Å²) in [6, 6.07) is 18.5. The number of rotatable bonds is 3. The molecule has 2 aromatic carbocycles. The lowest BCUT2D eigenvalue weighted by atomic mass is 10.1. The Labute approximate surface area is 124 Å². The minimum atomic E-state index is 0.770. The van der Waals surface area contributed by atoms with E-state index in [-0.39, 0.29) is 0 Å². The molecule has 3 rings (SSSR count). The van der Waals surface area contributed by atoms with E-state index in [1.807, 2.05) is 24.3 Å². The van der Waals surface area contributed by atoms with E-state index in [2.05, 4.69) is 37.3 Å². The third kappa shape index (κ3) is 2.54. The number of nitrogens with zero attached hydrogens (tertiary/aromatic N) is 1. The molecule has 0 saturated heterocycles. The lowest BCUT2D eigenvalue weighted by Gasteiger charge is -2.07. The van der Waals surface area contributed by atoms with Crippen LogP contribution in [0, 0.1) is 0 Å². The van der Waals surface area contributed by atoms with Gasteiger partial charge in [-0.05, 0) is 30.2 Å². The molecule has 3 aromatic rings. The van der Waals surface area contributed by atoms with Crippen LogP contribution >= 0.6 is 11.6 Å². The maximum atomic E-state index is 6.44. The molecule has 0 amide bonds. The second-order valence-corrected chi connectivity index (χ2v) is 5.36. The lowest BCUT2D eigenvalue weighted by molar-refractivity contribution is 0.923. The first-order valence-corrected chi connectivity index (χ1v) is 7.30. The second kappa shape index (κ2) is 5.64. The van der Waals surface area contributed by atoms with Crippen LogP contribution in [-0.4, -0.2) is 4.98 Å². The Hall–Kier alpha value is -1.86. The molecule has 1 heterocycles. The Morgan fingerprint density at radius 3 is 2.55 bits per heavy atom. The number of pyridine rings is 1. The minimum absolute atomic E-state index is 0.770. The van der Waals surface area contributed by atoms with Gasteiger partial charge in [-0.15, -0.1) is 0 Å². The van der Waals surface area contributed by atoms with Gasteiger partial charge in [0.2, 0.25) is 0 Å². The molecule has 1 nitrogen and oxygen atoms in total. The largest absolute Gasteiger partial charge is 0.248 e. The van der Waals surface area contributed by atoms with Crippen molar-refractivity contribution in [1.29, 1.82) is 0 Å². The van der Waals surface area contributed by atoms with Gasteiger partial charge in [-0.1, -0.05) is 61.3 Å². The molecule has 0 spiro atoms. The minimum Gasteiger partial charge on any atom is -0.248 e. The number of hydrogen-bond acceptors (Lipinski definition) is 1. The molecule has 0 radical (unpaired) electrons. The molecule has 0 fully saturated rings. The molecule has 0 aliphatic carbocycles. The van der Waals surface area contributed by atoms with E-state index in [9.17, 15) is 0 Å². The topological polar surface area (TPSA) is 12.9 Å². The fourth-order valence-corrected chi connectivity index (χ4v) is 2.69. The van der Waals surface area contributed by atoms with Crippen molar-refractivity contribution in [2.75, 3.05) is 0 Å². The van der Waals surface area contributed by atoms with Gasteiger partial charge in [0.25, 0.3) is 0 Å². The van der Waals surface area contributed by atoms with Crippen molar-refractivity contribution in [2.24, 2.45) is 0 Å². The maximum Gasteiger partial charge on any atom is 0.0724 e. The van der Waals surface area contributed by atoms with Crippen molar-refractivity contribution >= 4 is 22.5 Å². The predicted molar refractivity (Wildman–Crippen MR) is 86.2 cm³/mol. The van der Waals surface area contributed by atoms with Gasteiger partial charge >= 0.3 is 0 Å². The number of hydrogen-bond donors (Lipinski definition) is 0. The summed E-state index contributed by atoms with van der Waals surface area (Å²) in [6.45, 7) is 2.18. The lowest BCUT2D eigenvalue weighted by Crippen LogP contribution is -1.89. The van der Waals surface area contributed by atoms with E-state index < -0.39 is 0 Å². The average Bonchev–Trinajstić information content (AvgIpc) is 2.49. The van der Waals surface area contributed by atoms with Crippen molar-refractivity contribution in [3.8, 4) is 11.3 Å². The summed E-state index contributed by atoms with van der Waals surface area (Å²) in [5.41, 5.74) is 4.28. The monoisotopic (exact) mass is 281 g/mol. The van der Waals surface area contributed by atoms with Crippen LogP contribution in [0.5, 0.6) is 0 Å². The number of fused-ring (bicyclic) bond motifs is 1. The van der Waals surface area contributed by atoms with Crippen LogP contribution in [0.15, 0.2) is 54.6 Å². The van der Waals surface area contributed by atoms with Crippen LogP contribution in [0.3, 0.4) is 0 Å². The maximum absolute atomic E-state index is 6.44. The zero-order valence-corrected chi connectivity index (χ0v) is 12.2. The van der Waals surface area contributed by atoms with Gasteiger partial charge in [-0.25, -0.2) is 4.98 Å². The first-order valence-electron chi connectivity index (χ1n) is 6.92. The predicted octanol–water partition coefficient (Wildman–Crippen LogP) is 5.51. The quantitative estimate of drug-likeness (QED) is 0.617. The Morgan fingerprint density at radius 2 is 1.80 bits per heavy atom. The van der Waals surface area contributed by atoms with Crippen molar-refractivity contribution in [2.45, 2.75) is 19.8 Å². The second-order valence-electron chi connectivity index (χ2n) is 4.96. The summed E-state index contributed by atoms with van der Waals surface area (Å²) >= 11 is 6.44. The Morgan fingerprint density at radius 1 is 1.00 bits per heavy atom. The van der Waals surface area contributed by atoms with Crippen LogP contribution in [0.4, 0.5) is 0 Å². The van der Waals surface area contributed by atoms with Crippen molar-refractivity contribution in [3.05, 3.63) is 65.2 Å².